The summed E-state index contributed by atoms with van der Waals surface area (Å²) >= 11 is 0. The molecule has 0 bridgehead atoms. The van der Waals surface area contributed by atoms with Crippen LogP contribution in [0.1, 0.15) is 16.8 Å². The number of hydrogen-bond acceptors (Lipinski definition) is 7. The van der Waals surface area contributed by atoms with Crippen LogP contribution in [0.3, 0.4) is 0 Å². The maximum Gasteiger partial charge on any atom is 0.322 e. The van der Waals surface area contributed by atoms with Crippen LogP contribution >= 0.6 is 0 Å². The predicted molar refractivity (Wildman–Crippen MR) is 151 cm³/mol. The highest BCUT2D eigenvalue weighted by atomic mass is 19.1. The third-order valence-electron chi connectivity index (χ3n) is 6.54. The Bertz CT molecular complexity index is 1850. The summed E-state index contributed by atoms with van der Waals surface area (Å²) in [6.07, 6.45) is 3.74. The van der Waals surface area contributed by atoms with Crippen LogP contribution in [-0.2, 0) is 11.8 Å². The Morgan fingerprint density at radius 2 is 1.93 bits per heavy atom. The first-order chi connectivity index (χ1) is 19.2. The molecule has 0 radical (unpaired) electrons. The molecule has 5 aromatic rings. The summed E-state index contributed by atoms with van der Waals surface area (Å²) < 4.78 is 21.2. The minimum Gasteiger partial charge on any atom is -0.424 e. The molecule has 0 saturated carbocycles. The average molecular weight is 534 g/mol. The van der Waals surface area contributed by atoms with Crippen LogP contribution in [0.25, 0.3) is 33.3 Å². The number of nitrogens with zero attached hydrogens (tertiary/aromatic N) is 5. The SMILES string of the molecule is C=CC(=O)Nc1ccc(-c2c(-c3ccc(Oc4ncc(F)c(C)n4)cc3)c3c(N)ncc(C#N)c3n2C)c(C)c1. The number of anilines is 2. The van der Waals surface area contributed by atoms with E-state index in [0.717, 1.165) is 34.1 Å². The van der Waals surface area contributed by atoms with Crippen LogP contribution in [0, 0.1) is 31.0 Å². The fourth-order valence-corrected chi connectivity index (χ4v) is 4.66. The van der Waals surface area contributed by atoms with Crippen LogP contribution in [0.15, 0.2) is 67.5 Å². The first-order valence-corrected chi connectivity index (χ1v) is 12.2. The number of carbonyl (C=O) groups is 1. The predicted octanol–water partition coefficient (Wildman–Crippen LogP) is 5.82. The molecule has 5 rings (SSSR count). The van der Waals surface area contributed by atoms with Gasteiger partial charge in [0.25, 0.3) is 0 Å². The number of ether oxygens (including phenoxy) is 1. The van der Waals surface area contributed by atoms with Gasteiger partial charge in [0.05, 0.1) is 34.1 Å². The van der Waals surface area contributed by atoms with Gasteiger partial charge in [-0.05, 0) is 55.3 Å². The topological polar surface area (TPSA) is 132 Å². The maximum atomic E-state index is 13.6. The summed E-state index contributed by atoms with van der Waals surface area (Å²) in [5.41, 5.74) is 12.4. The van der Waals surface area contributed by atoms with Crippen LogP contribution in [0.5, 0.6) is 11.8 Å². The van der Waals surface area contributed by atoms with Crippen molar-refractivity contribution in [1.29, 1.82) is 5.26 Å². The zero-order valence-electron chi connectivity index (χ0n) is 22.0. The van der Waals surface area contributed by atoms with Crippen LogP contribution in [0.2, 0.25) is 0 Å². The number of aryl methyl sites for hydroxylation is 3. The van der Waals surface area contributed by atoms with Crippen molar-refractivity contribution in [3.05, 3.63) is 90.2 Å². The maximum absolute atomic E-state index is 13.6. The number of hydrogen-bond donors (Lipinski definition) is 2. The van der Waals surface area contributed by atoms with Gasteiger partial charge in [-0.1, -0.05) is 24.8 Å². The Morgan fingerprint density at radius 1 is 1.18 bits per heavy atom. The Balaban J connectivity index is 1.67. The monoisotopic (exact) mass is 533 g/mol. The number of aromatic nitrogens is 4. The van der Waals surface area contributed by atoms with Gasteiger partial charge in [-0.2, -0.15) is 10.2 Å². The molecule has 0 aliphatic heterocycles. The van der Waals surface area contributed by atoms with E-state index in [9.17, 15) is 14.4 Å². The minimum absolute atomic E-state index is 0.0314. The highest BCUT2D eigenvalue weighted by Crippen LogP contribution is 2.44. The van der Waals surface area contributed by atoms with E-state index in [-0.39, 0.29) is 23.4 Å². The molecule has 0 aliphatic carbocycles. The number of nitrogen functional groups attached to an aromatic ring is 1. The second-order valence-electron chi connectivity index (χ2n) is 9.11. The molecular weight excluding hydrogens is 509 g/mol. The van der Waals surface area contributed by atoms with Crippen molar-refractivity contribution in [2.75, 3.05) is 11.1 Å². The lowest BCUT2D eigenvalue weighted by molar-refractivity contribution is -0.111. The van der Waals surface area contributed by atoms with Crippen molar-refractivity contribution in [2.24, 2.45) is 7.05 Å². The molecule has 2 aromatic carbocycles. The first-order valence-electron chi connectivity index (χ1n) is 12.2. The number of pyridine rings is 1. The highest BCUT2D eigenvalue weighted by molar-refractivity contribution is 6.11. The number of amides is 1. The Kier molecular flexibility index (Phi) is 6.71. The molecule has 3 aromatic heterocycles. The van der Waals surface area contributed by atoms with E-state index in [1.165, 1.54) is 19.2 Å². The molecule has 1 amide bonds. The molecule has 9 nitrogen and oxygen atoms in total. The van der Waals surface area contributed by atoms with Crippen molar-refractivity contribution in [3.8, 4) is 40.2 Å². The van der Waals surface area contributed by atoms with Gasteiger partial charge in [-0.15, -0.1) is 0 Å². The van der Waals surface area contributed by atoms with Gasteiger partial charge in [0.15, 0.2) is 5.82 Å². The van der Waals surface area contributed by atoms with Crippen molar-refractivity contribution in [2.45, 2.75) is 13.8 Å². The molecule has 0 fully saturated rings. The van der Waals surface area contributed by atoms with Gasteiger partial charge >= 0.3 is 6.01 Å². The lowest BCUT2D eigenvalue weighted by atomic mass is 9.95. The third-order valence-corrected chi connectivity index (χ3v) is 6.54. The first kappa shape index (κ1) is 26.1. The van der Waals surface area contributed by atoms with E-state index in [4.69, 9.17) is 10.5 Å². The zero-order chi connectivity index (χ0) is 28.6. The fourth-order valence-electron chi connectivity index (χ4n) is 4.66. The molecule has 0 spiro atoms. The average Bonchev–Trinajstić information content (AvgIpc) is 3.25. The van der Waals surface area contributed by atoms with E-state index in [0.29, 0.717) is 27.9 Å². The summed E-state index contributed by atoms with van der Waals surface area (Å²) in [5.74, 6) is -0.0771. The number of benzene rings is 2. The summed E-state index contributed by atoms with van der Waals surface area (Å²) in [4.78, 5) is 24.0. The number of nitrogens with two attached hydrogens (primary N) is 1. The standard InChI is InChI=1S/C30H24FN7O2/c1-5-24(39)37-20-8-11-22(16(2)12-20)28-25(26-27(38(28)4)19(13-32)14-34-29(26)33)18-6-9-21(10-7-18)40-30-35-15-23(31)17(3)36-30/h5-12,14-15H,1H2,2-4H3,(H2,33,34)(H,37,39). The van der Waals surface area contributed by atoms with Crippen LogP contribution in [-0.4, -0.2) is 25.4 Å². The second kappa shape index (κ2) is 10.3. The normalized spacial score (nSPS) is 10.8. The Morgan fingerprint density at radius 3 is 2.58 bits per heavy atom. The summed E-state index contributed by atoms with van der Waals surface area (Å²) in [6, 6.07) is 15.0. The number of halogens is 1. The second-order valence-corrected chi connectivity index (χ2v) is 9.11. The Hall–Kier alpha value is -5.56. The van der Waals surface area contributed by atoms with Crippen molar-refractivity contribution in [3.63, 3.8) is 0 Å². The van der Waals surface area contributed by atoms with E-state index in [2.05, 4.69) is 32.9 Å². The fraction of sp³-hybridized carbons (Fsp3) is 0.100. The van der Waals surface area contributed by atoms with Gasteiger partial charge in [-0.3, -0.25) is 4.79 Å². The quantitative estimate of drug-likeness (QED) is 0.263. The Labute approximate surface area is 229 Å². The molecule has 0 saturated heterocycles. The van der Waals surface area contributed by atoms with Gasteiger partial charge in [-0.25, -0.2) is 14.4 Å². The molecule has 3 N–H and O–H groups in total. The van der Waals surface area contributed by atoms with Gasteiger partial charge in [0.2, 0.25) is 5.91 Å². The van der Waals surface area contributed by atoms with E-state index >= 15 is 0 Å². The number of fused-ring (bicyclic) bond motifs is 1. The number of carbonyl (C=O) groups excluding carboxylic acids is 1. The molecule has 10 heteroatoms. The summed E-state index contributed by atoms with van der Waals surface area (Å²) in [6.45, 7) is 6.97. The molecule has 0 unspecified atom stereocenters. The van der Waals surface area contributed by atoms with Crippen molar-refractivity contribution < 1.29 is 13.9 Å². The van der Waals surface area contributed by atoms with Crippen LogP contribution < -0.4 is 15.8 Å². The minimum atomic E-state index is -0.513. The number of nitriles is 1. The van der Waals surface area contributed by atoms with E-state index in [1.54, 1.807) is 18.2 Å². The van der Waals surface area contributed by atoms with E-state index < -0.39 is 5.82 Å². The lowest BCUT2D eigenvalue weighted by Gasteiger charge is -2.14. The van der Waals surface area contributed by atoms with Crippen molar-refractivity contribution in [1.82, 2.24) is 19.5 Å². The van der Waals surface area contributed by atoms with Crippen LogP contribution in [0.4, 0.5) is 15.9 Å². The zero-order valence-corrected chi connectivity index (χ0v) is 22.0. The number of rotatable bonds is 6. The molecule has 0 atom stereocenters. The lowest BCUT2D eigenvalue weighted by Crippen LogP contribution is -2.07. The van der Waals surface area contributed by atoms with Crippen molar-refractivity contribution >= 4 is 28.3 Å². The molecule has 198 valence electrons. The molecule has 40 heavy (non-hydrogen) atoms. The summed E-state index contributed by atoms with van der Waals surface area (Å²) in [7, 11) is 1.87. The molecule has 3 heterocycles. The molecular formula is C30H24FN7O2. The molecule has 0 aliphatic rings. The van der Waals surface area contributed by atoms with Gasteiger partial charge in [0.1, 0.15) is 17.6 Å². The van der Waals surface area contributed by atoms with E-state index in [1.807, 2.05) is 42.8 Å². The third kappa shape index (κ3) is 4.61. The van der Waals surface area contributed by atoms with Gasteiger partial charge in [0, 0.05) is 30.1 Å². The largest absolute Gasteiger partial charge is 0.424 e. The number of nitrogens with one attached hydrogen (secondary N) is 1. The highest BCUT2D eigenvalue weighted by Gasteiger charge is 2.24. The summed E-state index contributed by atoms with van der Waals surface area (Å²) in [5, 5.41) is 13.3. The van der Waals surface area contributed by atoms with Gasteiger partial charge < -0.3 is 20.4 Å². The smallest absolute Gasteiger partial charge is 0.322 e.